The van der Waals surface area contributed by atoms with Gasteiger partial charge in [0.25, 0.3) is 0 Å². The number of carbonyl (C=O) groups is 6. The summed E-state index contributed by atoms with van der Waals surface area (Å²) < 4.78 is 0. The number of primary amides is 1. The summed E-state index contributed by atoms with van der Waals surface area (Å²) in [7, 11) is 0. The van der Waals surface area contributed by atoms with E-state index in [1.54, 1.807) is 13.8 Å². The van der Waals surface area contributed by atoms with Crippen molar-refractivity contribution in [2.45, 2.75) is 57.3 Å². The predicted molar refractivity (Wildman–Crippen MR) is 111 cm³/mol. The molecule has 0 aliphatic rings. The lowest BCUT2D eigenvalue weighted by Gasteiger charge is -2.26. The van der Waals surface area contributed by atoms with E-state index in [1.807, 2.05) is 0 Å². The Morgan fingerprint density at radius 3 is 1.87 bits per heavy atom. The topological polar surface area (TPSA) is 231 Å². The van der Waals surface area contributed by atoms with Crippen LogP contribution in [0.1, 0.15) is 33.1 Å². The van der Waals surface area contributed by atoms with E-state index in [0.29, 0.717) is 0 Å². The molecule has 4 unspecified atom stereocenters. The first-order valence-corrected chi connectivity index (χ1v) is 9.93. The van der Waals surface area contributed by atoms with Gasteiger partial charge in [0, 0.05) is 12.2 Å². The SMILES string of the molecule is CC(C)C(NC(=O)C(CC(N)=O)NC(=O)C(N)CS)C(=O)NC(CCC(=O)O)C(=O)O. The van der Waals surface area contributed by atoms with Gasteiger partial charge in [-0.2, -0.15) is 12.6 Å². The van der Waals surface area contributed by atoms with Gasteiger partial charge in [0.05, 0.1) is 12.5 Å². The van der Waals surface area contributed by atoms with Crippen molar-refractivity contribution in [1.82, 2.24) is 16.0 Å². The fraction of sp³-hybridized carbons (Fsp3) is 0.647. The van der Waals surface area contributed by atoms with Crippen LogP contribution in [0.4, 0.5) is 0 Å². The average Bonchev–Trinajstić information content (AvgIpc) is 2.66. The van der Waals surface area contributed by atoms with Crippen LogP contribution in [-0.2, 0) is 28.8 Å². The minimum atomic E-state index is -1.49. The summed E-state index contributed by atoms with van der Waals surface area (Å²) in [5.74, 6) is -6.68. The molecule has 0 fully saturated rings. The van der Waals surface area contributed by atoms with Gasteiger partial charge in [-0.15, -0.1) is 0 Å². The number of carboxylic acid groups (broad SMARTS) is 2. The van der Waals surface area contributed by atoms with Gasteiger partial charge in [-0.3, -0.25) is 24.0 Å². The van der Waals surface area contributed by atoms with Crippen molar-refractivity contribution in [1.29, 1.82) is 0 Å². The molecule has 0 heterocycles. The summed E-state index contributed by atoms with van der Waals surface area (Å²) in [6.07, 6.45) is -1.43. The minimum Gasteiger partial charge on any atom is -0.481 e. The summed E-state index contributed by atoms with van der Waals surface area (Å²) in [6, 6.07) is -5.21. The molecule has 0 aromatic heterocycles. The Hall–Kier alpha value is -2.87. The number of nitrogens with one attached hydrogen (secondary N) is 3. The molecule has 0 rings (SSSR count). The van der Waals surface area contributed by atoms with E-state index in [2.05, 4.69) is 28.6 Å². The van der Waals surface area contributed by atoms with Crippen LogP contribution in [0.25, 0.3) is 0 Å². The van der Waals surface area contributed by atoms with E-state index >= 15 is 0 Å². The van der Waals surface area contributed by atoms with Crippen LogP contribution in [0.2, 0.25) is 0 Å². The maximum absolute atomic E-state index is 12.6. The van der Waals surface area contributed by atoms with Crippen molar-refractivity contribution in [2.75, 3.05) is 5.75 Å². The molecule has 13 nitrogen and oxygen atoms in total. The van der Waals surface area contributed by atoms with Crippen LogP contribution >= 0.6 is 12.6 Å². The number of thiol groups is 1. The van der Waals surface area contributed by atoms with Crippen LogP contribution in [0.5, 0.6) is 0 Å². The molecular weight excluding hydrogens is 434 g/mol. The highest BCUT2D eigenvalue weighted by atomic mass is 32.1. The largest absolute Gasteiger partial charge is 0.481 e. The van der Waals surface area contributed by atoms with E-state index in [1.165, 1.54) is 0 Å². The lowest BCUT2D eigenvalue weighted by Crippen LogP contribution is -2.59. The third-order valence-corrected chi connectivity index (χ3v) is 4.47. The summed E-state index contributed by atoms with van der Waals surface area (Å²) in [6.45, 7) is 3.13. The monoisotopic (exact) mass is 463 g/mol. The summed E-state index contributed by atoms with van der Waals surface area (Å²) in [4.78, 5) is 70.4. The number of amides is 4. The molecule has 4 amide bonds. The highest BCUT2D eigenvalue weighted by Crippen LogP contribution is 2.06. The summed E-state index contributed by atoms with van der Waals surface area (Å²) in [5.41, 5.74) is 10.6. The maximum Gasteiger partial charge on any atom is 0.326 e. The first kappa shape index (κ1) is 28.1. The van der Waals surface area contributed by atoms with Crippen molar-refractivity contribution >= 4 is 48.2 Å². The molecule has 31 heavy (non-hydrogen) atoms. The molecule has 14 heteroatoms. The Labute approximate surface area is 184 Å². The van der Waals surface area contributed by atoms with E-state index < -0.39 is 78.5 Å². The number of rotatable bonds is 14. The van der Waals surface area contributed by atoms with Crippen LogP contribution in [-0.4, -0.2) is 75.7 Å². The predicted octanol–water partition coefficient (Wildman–Crippen LogP) is -2.82. The van der Waals surface area contributed by atoms with Gasteiger partial charge in [-0.1, -0.05) is 13.8 Å². The van der Waals surface area contributed by atoms with E-state index in [4.69, 9.17) is 16.6 Å². The van der Waals surface area contributed by atoms with Crippen LogP contribution < -0.4 is 27.4 Å². The molecular formula is C17H29N5O8S. The number of hydrogen-bond acceptors (Lipinski definition) is 8. The molecule has 0 aromatic rings. The Morgan fingerprint density at radius 2 is 1.45 bits per heavy atom. The summed E-state index contributed by atoms with van der Waals surface area (Å²) in [5, 5.41) is 24.7. The van der Waals surface area contributed by atoms with Gasteiger partial charge in [0.1, 0.15) is 18.1 Å². The van der Waals surface area contributed by atoms with Crippen molar-refractivity contribution in [3.05, 3.63) is 0 Å². The second-order valence-corrected chi connectivity index (χ2v) is 7.45. The summed E-state index contributed by atoms with van der Waals surface area (Å²) >= 11 is 3.87. The molecule has 0 radical (unpaired) electrons. The molecule has 0 saturated carbocycles. The number of carboxylic acids is 2. The van der Waals surface area contributed by atoms with E-state index in [0.717, 1.165) is 0 Å². The standard InChI is InChI=1S/C17H29N5O8S/c1-7(2)13(16(28)20-9(17(29)30)3-4-12(24)25)22-15(27)10(5-11(19)23)21-14(26)8(18)6-31/h7-10,13,31H,3-6,18H2,1-2H3,(H2,19,23)(H,20,28)(H,21,26)(H,22,27)(H,24,25)(H,29,30). The second kappa shape index (κ2) is 13.4. The molecule has 176 valence electrons. The smallest absolute Gasteiger partial charge is 0.326 e. The van der Waals surface area contributed by atoms with Crippen molar-refractivity contribution < 1.29 is 39.0 Å². The van der Waals surface area contributed by atoms with Crippen molar-refractivity contribution in [3.63, 3.8) is 0 Å². The zero-order chi connectivity index (χ0) is 24.3. The molecule has 0 spiro atoms. The van der Waals surface area contributed by atoms with Crippen LogP contribution in [0, 0.1) is 5.92 Å². The van der Waals surface area contributed by atoms with Crippen LogP contribution in [0.15, 0.2) is 0 Å². The molecule has 9 N–H and O–H groups in total. The number of carbonyl (C=O) groups excluding carboxylic acids is 4. The van der Waals surface area contributed by atoms with Crippen molar-refractivity contribution in [2.24, 2.45) is 17.4 Å². The Morgan fingerprint density at radius 1 is 0.903 bits per heavy atom. The fourth-order valence-electron chi connectivity index (χ4n) is 2.35. The normalized spacial score (nSPS) is 14.6. The number of aliphatic carboxylic acids is 2. The van der Waals surface area contributed by atoms with E-state index in [-0.39, 0.29) is 12.2 Å². The zero-order valence-electron chi connectivity index (χ0n) is 17.2. The van der Waals surface area contributed by atoms with Gasteiger partial charge in [0.15, 0.2) is 0 Å². The van der Waals surface area contributed by atoms with Gasteiger partial charge >= 0.3 is 11.9 Å². The first-order valence-electron chi connectivity index (χ1n) is 9.30. The molecule has 0 aliphatic carbocycles. The Balaban J connectivity index is 5.40. The Bertz CT molecular complexity index is 702. The third-order valence-electron chi connectivity index (χ3n) is 4.08. The van der Waals surface area contributed by atoms with Gasteiger partial charge in [-0.25, -0.2) is 4.79 Å². The molecule has 0 bridgehead atoms. The first-order chi connectivity index (χ1) is 14.3. The number of nitrogens with two attached hydrogens (primary N) is 2. The average molecular weight is 464 g/mol. The zero-order valence-corrected chi connectivity index (χ0v) is 18.1. The lowest BCUT2D eigenvalue weighted by molar-refractivity contribution is -0.144. The van der Waals surface area contributed by atoms with Gasteiger partial charge < -0.3 is 37.6 Å². The highest BCUT2D eigenvalue weighted by Gasteiger charge is 2.32. The van der Waals surface area contributed by atoms with Crippen LogP contribution in [0.3, 0.4) is 0 Å². The highest BCUT2D eigenvalue weighted by molar-refractivity contribution is 7.80. The van der Waals surface area contributed by atoms with Gasteiger partial charge in [0.2, 0.25) is 23.6 Å². The maximum atomic E-state index is 12.6. The molecule has 0 aromatic carbocycles. The Kier molecular flexibility index (Phi) is 12.2. The molecule has 4 atom stereocenters. The number of hydrogen-bond donors (Lipinski definition) is 8. The minimum absolute atomic E-state index is 0.0271. The van der Waals surface area contributed by atoms with Gasteiger partial charge in [-0.05, 0) is 12.3 Å². The van der Waals surface area contributed by atoms with Crippen molar-refractivity contribution in [3.8, 4) is 0 Å². The quantitative estimate of drug-likeness (QED) is 0.124. The molecule has 0 aliphatic heterocycles. The van der Waals surface area contributed by atoms with E-state index in [9.17, 15) is 33.9 Å². The molecule has 0 saturated heterocycles. The lowest BCUT2D eigenvalue weighted by atomic mass is 10.0. The second-order valence-electron chi connectivity index (χ2n) is 7.08. The third kappa shape index (κ3) is 10.6. The fourth-order valence-corrected chi connectivity index (χ4v) is 2.51.